The highest BCUT2D eigenvalue weighted by atomic mass is 79.9. The summed E-state index contributed by atoms with van der Waals surface area (Å²) in [6.07, 6.45) is 0. The Bertz CT molecular complexity index is 734. The van der Waals surface area contributed by atoms with E-state index in [9.17, 15) is 9.59 Å². The summed E-state index contributed by atoms with van der Waals surface area (Å²) < 4.78 is 2.46. The number of hydrogen-bond donors (Lipinski definition) is 2. The molecule has 9 heteroatoms. The van der Waals surface area contributed by atoms with Gasteiger partial charge in [0.25, 0.3) is 5.91 Å². The van der Waals surface area contributed by atoms with E-state index in [2.05, 4.69) is 31.4 Å². The van der Waals surface area contributed by atoms with Gasteiger partial charge in [-0.3, -0.25) is 9.59 Å². The molecular weight excluding hydrogens is 382 g/mol. The van der Waals surface area contributed by atoms with Gasteiger partial charge >= 0.3 is 0 Å². The quantitative estimate of drug-likeness (QED) is 0.721. The normalized spacial score (nSPS) is 12.0. The molecule has 0 saturated heterocycles. The molecule has 0 radical (unpaired) electrons. The number of aromatic nitrogens is 3. The minimum absolute atomic E-state index is 0.129. The number of nitrogens with zero attached hydrogens (tertiary/aromatic N) is 3. The van der Waals surface area contributed by atoms with Gasteiger partial charge in [-0.25, -0.2) is 0 Å². The Balaban J connectivity index is 2.09. The Morgan fingerprint density at radius 1 is 1.39 bits per heavy atom. The summed E-state index contributed by atoms with van der Waals surface area (Å²) in [6, 6.07) is 6.84. The molecule has 0 aliphatic rings. The Kier molecular flexibility index (Phi) is 5.78. The van der Waals surface area contributed by atoms with Gasteiger partial charge in [0.15, 0.2) is 11.0 Å². The minimum Gasteiger partial charge on any atom is -0.369 e. The first kappa shape index (κ1) is 17.5. The van der Waals surface area contributed by atoms with Crippen LogP contribution in [0.5, 0.6) is 0 Å². The maximum Gasteiger partial charge on any atom is 0.253 e. The number of carbonyl (C=O) groups is 2. The smallest absolute Gasteiger partial charge is 0.253 e. The Hall–Kier alpha value is -1.87. The lowest BCUT2D eigenvalue weighted by atomic mass is 10.2. The molecule has 23 heavy (non-hydrogen) atoms. The zero-order valence-electron chi connectivity index (χ0n) is 12.6. The zero-order chi connectivity index (χ0) is 17.0. The van der Waals surface area contributed by atoms with Crippen LogP contribution in [0, 0.1) is 0 Å². The number of amides is 2. The predicted octanol–water partition coefficient (Wildman–Crippen LogP) is 1.65. The van der Waals surface area contributed by atoms with Gasteiger partial charge in [0.05, 0.1) is 17.4 Å². The average Bonchev–Trinajstić information content (AvgIpc) is 2.86. The fourth-order valence-electron chi connectivity index (χ4n) is 1.95. The third kappa shape index (κ3) is 4.32. The molecule has 0 fully saturated rings. The van der Waals surface area contributed by atoms with Crippen molar-refractivity contribution >= 4 is 39.5 Å². The highest BCUT2D eigenvalue weighted by molar-refractivity contribution is 9.10. The van der Waals surface area contributed by atoms with Crippen molar-refractivity contribution in [2.75, 3.05) is 5.75 Å². The van der Waals surface area contributed by atoms with Crippen molar-refractivity contribution in [2.24, 2.45) is 12.8 Å². The predicted molar refractivity (Wildman–Crippen MR) is 90.9 cm³/mol. The van der Waals surface area contributed by atoms with Crippen LogP contribution in [-0.2, 0) is 11.8 Å². The van der Waals surface area contributed by atoms with Gasteiger partial charge in [0.1, 0.15) is 0 Å². The van der Waals surface area contributed by atoms with E-state index in [1.54, 1.807) is 29.8 Å². The van der Waals surface area contributed by atoms with Crippen LogP contribution in [0.3, 0.4) is 0 Å². The third-order valence-electron chi connectivity index (χ3n) is 3.07. The molecule has 7 nitrogen and oxygen atoms in total. The number of carbonyl (C=O) groups excluding carboxylic acids is 2. The van der Waals surface area contributed by atoms with Gasteiger partial charge in [0.2, 0.25) is 5.91 Å². The lowest BCUT2D eigenvalue weighted by Gasteiger charge is -2.14. The summed E-state index contributed by atoms with van der Waals surface area (Å²) in [5, 5.41) is 11.5. The van der Waals surface area contributed by atoms with E-state index in [1.165, 1.54) is 11.8 Å². The van der Waals surface area contributed by atoms with Crippen molar-refractivity contribution < 1.29 is 9.59 Å². The number of benzene rings is 1. The number of primary amides is 1. The van der Waals surface area contributed by atoms with Gasteiger partial charge in [0, 0.05) is 11.5 Å². The second-order valence-electron chi connectivity index (χ2n) is 4.83. The summed E-state index contributed by atoms with van der Waals surface area (Å²) in [4.78, 5) is 23.2. The fourth-order valence-corrected chi connectivity index (χ4v) is 3.07. The molecule has 1 heterocycles. The van der Waals surface area contributed by atoms with E-state index < -0.39 is 5.91 Å². The summed E-state index contributed by atoms with van der Waals surface area (Å²) in [7, 11) is 1.78. The van der Waals surface area contributed by atoms with Crippen LogP contribution < -0.4 is 11.1 Å². The lowest BCUT2D eigenvalue weighted by molar-refractivity contribution is -0.115. The Morgan fingerprint density at radius 3 is 2.74 bits per heavy atom. The van der Waals surface area contributed by atoms with E-state index in [-0.39, 0.29) is 17.7 Å². The van der Waals surface area contributed by atoms with Crippen molar-refractivity contribution in [2.45, 2.75) is 18.1 Å². The molecule has 0 spiro atoms. The van der Waals surface area contributed by atoms with Crippen molar-refractivity contribution in [1.82, 2.24) is 20.1 Å². The largest absolute Gasteiger partial charge is 0.369 e. The maximum atomic E-state index is 12.3. The number of nitrogens with one attached hydrogen (secondary N) is 1. The first-order valence-electron chi connectivity index (χ1n) is 6.76. The molecule has 1 aromatic carbocycles. The second kappa shape index (κ2) is 7.60. The number of halogens is 1. The fraction of sp³-hybridized carbons (Fsp3) is 0.286. The number of nitrogens with two attached hydrogens (primary N) is 1. The number of hydrogen-bond acceptors (Lipinski definition) is 5. The molecule has 0 aliphatic heterocycles. The van der Waals surface area contributed by atoms with Gasteiger partial charge < -0.3 is 15.6 Å². The monoisotopic (exact) mass is 397 g/mol. The maximum absolute atomic E-state index is 12.3. The average molecular weight is 398 g/mol. The zero-order valence-corrected chi connectivity index (χ0v) is 15.0. The highest BCUT2D eigenvalue weighted by Crippen LogP contribution is 2.20. The Labute approximate surface area is 146 Å². The van der Waals surface area contributed by atoms with Crippen LogP contribution >= 0.6 is 27.7 Å². The molecule has 1 atom stereocenters. The summed E-state index contributed by atoms with van der Waals surface area (Å²) in [6.45, 7) is 1.82. The minimum atomic E-state index is -0.421. The van der Waals surface area contributed by atoms with Crippen LogP contribution in [0.1, 0.15) is 29.1 Å². The molecule has 2 rings (SSSR count). The van der Waals surface area contributed by atoms with Gasteiger partial charge in [-0.15, -0.1) is 10.2 Å². The first-order valence-corrected chi connectivity index (χ1v) is 8.53. The number of rotatable bonds is 6. The van der Waals surface area contributed by atoms with Gasteiger partial charge in [-0.1, -0.05) is 23.9 Å². The molecule has 0 bridgehead atoms. The third-order valence-corrected chi connectivity index (χ3v) is 4.80. The van der Waals surface area contributed by atoms with Crippen molar-refractivity contribution in [3.05, 3.63) is 40.1 Å². The molecule has 3 N–H and O–H groups in total. The standard InChI is InChI=1S/C14H16BrN5O2S/c1-8(17-13(22)9-5-3-4-6-10(9)15)12-18-19-14(20(12)2)23-7-11(16)21/h3-6,8H,7H2,1-2H3,(H2,16,21)(H,17,22)/t8-/m0/s1. The molecule has 122 valence electrons. The number of thioether (sulfide) groups is 1. The molecule has 2 amide bonds. The van der Waals surface area contributed by atoms with Crippen LogP contribution in [0.2, 0.25) is 0 Å². The van der Waals surface area contributed by atoms with Crippen LogP contribution in [-0.4, -0.2) is 32.3 Å². The topological polar surface area (TPSA) is 103 Å². The molecule has 0 saturated carbocycles. The van der Waals surface area contributed by atoms with Crippen molar-refractivity contribution in [3.63, 3.8) is 0 Å². The van der Waals surface area contributed by atoms with Crippen molar-refractivity contribution in [3.8, 4) is 0 Å². The van der Waals surface area contributed by atoms with E-state index >= 15 is 0 Å². The molecule has 1 aromatic heterocycles. The molecule has 2 aromatic rings. The molecule has 0 unspecified atom stereocenters. The lowest BCUT2D eigenvalue weighted by Crippen LogP contribution is -2.28. The van der Waals surface area contributed by atoms with E-state index in [0.717, 1.165) is 4.47 Å². The summed E-state index contributed by atoms with van der Waals surface area (Å²) in [5.74, 6) is 0.0930. The van der Waals surface area contributed by atoms with Crippen LogP contribution in [0.15, 0.2) is 33.9 Å². The SMILES string of the molecule is C[C@H](NC(=O)c1ccccc1Br)c1nnc(SCC(N)=O)n1C. The van der Waals surface area contributed by atoms with Crippen molar-refractivity contribution in [1.29, 1.82) is 0 Å². The van der Waals surface area contributed by atoms with E-state index in [0.29, 0.717) is 16.5 Å². The molecular formula is C14H16BrN5O2S. The van der Waals surface area contributed by atoms with Gasteiger partial charge in [-0.05, 0) is 35.0 Å². The Morgan fingerprint density at radius 2 is 2.09 bits per heavy atom. The molecule has 0 aliphatic carbocycles. The highest BCUT2D eigenvalue weighted by Gasteiger charge is 2.19. The van der Waals surface area contributed by atoms with Crippen LogP contribution in [0.25, 0.3) is 0 Å². The first-order chi connectivity index (χ1) is 10.9. The summed E-state index contributed by atoms with van der Waals surface area (Å²) >= 11 is 4.56. The second-order valence-corrected chi connectivity index (χ2v) is 6.63. The van der Waals surface area contributed by atoms with Crippen LogP contribution in [0.4, 0.5) is 0 Å². The summed E-state index contributed by atoms with van der Waals surface area (Å²) in [5.41, 5.74) is 5.67. The van der Waals surface area contributed by atoms with E-state index in [1.807, 2.05) is 13.0 Å². The van der Waals surface area contributed by atoms with E-state index in [4.69, 9.17) is 5.73 Å². The van der Waals surface area contributed by atoms with Gasteiger partial charge in [-0.2, -0.15) is 0 Å².